The van der Waals surface area contributed by atoms with Crippen molar-refractivity contribution in [2.24, 2.45) is 0 Å². The number of nitrogens with zero attached hydrogens (tertiary/aromatic N) is 1. The molecule has 4 nitrogen and oxygen atoms in total. The van der Waals surface area contributed by atoms with Gasteiger partial charge in [0.1, 0.15) is 5.75 Å². The molecule has 0 saturated carbocycles. The summed E-state index contributed by atoms with van der Waals surface area (Å²) in [4.78, 5) is 14.1. The zero-order valence-electron chi connectivity index (χ0n) is 7.99. The van der Waals surface area contributed by atoms with Gasteiger partial charge in [0.25, 0.3) is 0 Å². The summed E-state index contributed by atoms with van der Waals surface area (Å²) in [5.74, 6) is 0.0592. The Morgan fingerprint density at radius 1 is 1.60 bits per heavy atom. The maximum atomic E-state index is 10.8. The van der Waals surface area contributed by atoms with Crippen molar-refractivity contribution < 1.29 is 14.3 Å². The Morgan fingerprint density at radius 2 is 2.33 bits per heavy atom. The average Bonchev–Trinajstić information content (AvgIpc) is 2.26. The fourth-order valence-corrected chi connectivity index (χ4v) is 1.35. The Hall–Kier alpha value is -1.54. The van der Waals surface area contributed by atoms with Crippen molar-refractivity contribution in [1.29, 1.82) is 0 Å². The number of rotatable bonds is 3. The summed E-state index contributed by atoms with van der Waals surface area (Å²) in [7, 11) is 1.29. The van der Waals surface area contributed by atoms with Gasteiger partial charge in [-0.15, -0.1) is 0 Å². The Kier molecular flexibility index (Phi) is 4.13. The van der Waals surface area contributed by atoms with Crippen molar-refractivity contribution in [2.45, 2.75) is 0 Å². The van der Waals surface area contributed by atoms with Crippen LogP contribution in [0.1, 0.15) is 0 Å². The van der Waals surface area contributed by atoms with Crippen LogP contribution >= 0.6 is 15.9 Å². The maximum absolute atomic E-state index is 10.8. The quantitative estimate of drug-likeness (QED) is 0.626. The highest BCUT2D eigenvalue weighted by Gasteiger charge is 2.05. The first-order chi connectivity index (χ1) is 7.17. The van der Waals surface area contributed by atoms with Gasteiger partial charge in [0.2, 0.25) is 0 Å². The van der Waals surface area contributed by atoms with E-state index in [9.17, 15) is 4.79 Å². The fraction of sp³-hybridized carbons (Fsp3) is 0.200. The summed E-state index contributed by atoms with van der Waals surface area (Å²) in [5, 5.41) is 0. The molecule has 0 aliphatic rings. The number of halogens is 1. The first-order valence-electron chi connectivity index (χ1n) is 4.04. The third-order valence-corrected chi connectivity index (χ3v) is 2.24. The molecule has 0 unspecified atom stereocenters. The van der Waals surface area contributed by atoms with Crippen LogP contribution < -0.4 is 4.74 Å². The van der Waals surface area contributed by atoms with Crippen LogP contribution in [0.25, 0.3) is 4.85 Å². The molecule has 5 heteroatoms. The average molecular weight is 270 g/mol. The molecule has 0 atom stereocenters. The molecule has 0 fully saturated rings. The summed E-state index contributed by atoms with van der Waals surface area (Å²) in [6.07, 6.45) is 0. The SMILES string of the molecule is [C-]#[N+]c1ccc(OCC(=O)OC)c(Br)c1. The molecule has 1 aromatic rings. The molecule has 1 rings (SSSR count). The van der Waals surface area contributed by atoms with Crippen molar-refractivity contribution in [1.82, 2.24) is 0 Å². The smallest absolute Gasteiger partial charge is 0.343 e. The van der Waals surface area contributed by atoms with E-state index in [4.69, 9.17) is 11.3 Å². The molecular formula is C10H8BrNO3. The number of hydrogen-bond donors (Lipinski definition) is 0. The number of methoxy groups -OCH3 is 1. The van der Waals surface area contributed by atoms with E-state index in [1.165, 1.54) is 7.11 Å². The second-order valence-electron chi connectivity index (χ2n) is 2.59. The minimum atomic E-state index is -0.448. The molecule has 0 aromatic heterocycles. The third-order valence-electron chi connectivity index (χ3n) is 1.62. The zero-order valence-corrected chi connectivity index (χ0v) is 9.58. The second kappa shape index (κ2) is 5.37. The van der Waals surface area contributed by atoms with Gasteiger partial charge < -0.3 is 9.47 Å². The predicted molar refractivity (Wildman–Crippen MR) is 57.9 cm³/mol. The second-order valence-corrected chi connectivity index (χ2v) is 3.45. The van der Waals surface area contributed by atoms with E-state index in [-0.39, 0.29) is 6.61 Å². The lowest BCUT2D eigenvalue weighted by Crippen LogP contribution is -2.12. The lowest BCUT2D eigenvalue weighted by molar-refractivity contribution is -0.142. The van der Waals surface area contributed by atoms with E-state index in [1.807, 2.05) is 0 Å². The molecule has 0 bridgehead atoms. The van der Waals surface area contributed by atoms with Gasteiger partial charge in [-0.25, -0.2) is 9.64 Å². The van der Waals surface area contributed by atoms with Crippen molar-refractivity contribution in [3.8, 4) is 5.75 Å². The predicted octanol–water partition coefficient (Wildman–Crippen LogP) is 2.55. The molecule has 0 heterocycles. The lowest BCUT2D eigenvalue weighted by atomic mass is 10.3. The van der Waals surface area contributed by atoms with Crippen molar-refractivity contribution in [2.75, 3.05) is 13.7 Å². The van der Waals surface area contributed by atoms with E-state index in [0.29, 0.717) is 15.9 Å². The summed E-state index contributed by atoms with van der Waals surface area (Å²) in [6.45, 7) is 6.65. The molecule has 0 saturated heterocycles. The standard InChI is InChI=1S/C10H8BrNO3/c1-12-7-3-4-9(8(11)5-7)15-6-10(13)14-2/h3-5H,6H2,2H3. The van der Waals surface area contributed by atoms with E-state index in [0.717, 1.165) is 0 Å². The normalized spacial score (nSPS) is 9.13. The van der Waals surface area contributed by atoms with Gasteiger partial charge in [0.05, 0.1) is 13.7 Å². The van der Waals surface area contributed by atoms with Crippen LogP contribution in [0.5, 0.6) is 5.75 Å². The van der Waals surface area contributed by atoms with E-state index in [1.54, 1.807) is 18.2 Å². The largest absolute Gasteiger partial charge is 0.481 e. The summed E-state index contributed by atoms with van der Waals surface area (Å²) >= 11 is 3.24. The first kappa shape index (κ1) is 11.5. The van der Waals surface area contributed by atoms with Crippen molar-refractivity contribution in [3.05, 3.63) is 34.1 Å². The van der Waals surface area contributed by atoms with E-state index < -0.39 is 5.97 Å². The maximum Gasteiger partial charge on any atom is 0.343 e. The van der Waals surface area contributed by atoms with E-state index in [2.05, 4.69) is 25.5 Å². The number of carbonyl (C=O) groups is 1. The molecule has 1 aromatic carbocycles. The topological polar surface area (TPSA) is 39.9 Å². The Morgan fingerprint density at radius 3 is 2.87 bits per heavy atom. The third kappa shape index (κ3) is 3.26. The molecule has 0 amide bonds. The lowest BCUT2D eigenvalue weighted by Gasteiger charge is -2.06. The molecular weight excluding hydrogens is 262 g/mol. The van der Waals surface area contributed by atoms with Crippen LogP contribution in [-0.2, 0) is 9.53 Å². The van der Waals surface area contributed by atoms with Gasteiger partial charge in [0.15, 0.2) is 12.3 Å². The monoisotopic (exact) mass is 269 g/mol. The van der Waals surface area contributed by atoms with Crippen molar-refractivity contribution in [3.63, 3.8) is 0 Å². The summed E-state index contributed by atoms with van der Waals surface area (Å²) in [6, 6.07) is 4.87. The summed E-state index contributed by atoms with van der Waals surface area (Å²) < 4.78 is 10.2. The van der Waals surface area contributed by atoms with Gasteiger partial charge >= 0.3 is 5.97 Å². The van der Waals surface area contributed by atoms with Crippen LogP contribution in [0.3, 0.4) is 0 Å². The number of benzene rings is 1. The van der Waals surface area contributed by atoms with Gasteiger partial charge in [-0.1, -0.05) is 6.07 Å². The zero-order chi connectivity index (χ0) is 11.3. The molecule has 78 valence electrons. The van der Waals surface area contributed by atoms with Gasteiger partial charge in [0, 0.05) is 4.47 Å². The molecule has 0 aliphatic carbocycles. The first-order valence-corrected chi connectivity index (χ1v) is 4.83. The van der Waals surface area contributed by atoms with Crippen LogP contribution in [0.4, 0.5) is 5.69 Å². The minimum Gasteiger partial charge on any atom is -0.481 e. The Balaban J connectivity index is 2.71. The molecule has 0 spiro atoms. The van der Waals surface area contributed by atoms with Gasteiger partial charge in [-0.3, -0.25) is 0 Å². The van der Waals surface area contributed by atoms with Crippen molar-refractivity contribution >= 4 is 27.6 Å². The molecule has 0 aliphatic heterocycles. The van der Waals surface area contributed by atoms with Gasteiger partial charge in [-0.05, 0) is 28.1 Å². The molecule has 0 N–H and O–H groups in total. The van der Waals surface area contributed by atoms with E-state index >= 15 is 0 Å². The van der Waals surface area contributed by atoms with Crippen LogP contribution in [0.2, 0.25) is 0 Å². The van der Waals surface area contributed by atoms with Crippen LogP contribution in [0.15, 0.2) is 22.7 Å². The Labute approximate surface area is 95.7 Å². The summed E-state index contributed by atoms with van der Waals surface area (Å²) in [5.41, 5.74) is 0.507. The highest BCUT2D eigenvalue weighted by atomic mass is 79.9. The number of hydrogen-bond acceptors (Lipinski definition) is 3. The molecule has 15 heavy (non-hydrogen) atoms. The Bertz CT molecular complexity index is 412. The highest BCUT2D eigenvalue weighted by molar-refractivity contribution is 9.10. The van der Waals surface area contributed by atoms with Crippen LogP contribution in [-0.4, -0.2) is 19.7 Å². The number of ether oxygens (including phenoxy) is 2. The fourth-order valence-electron chi connectivity index (χ4n) is 0.872. The number of carbonyl (C=O) groups excluding carboxylic acids is 1. The van der Waals surface area contributed by atoms with Gasteiger partial charge in [-0.2, -0.15) is 0 Å². The highest BCUT2D eigenvalue weighted by Crippen LogP contribution is 2.29. The van der Waals surface area contributed by atoms with Crippen LogP contribution in [0, 0.1) is 6.57 Å². The number of esters is 1. The molecule has 0 radical (unpaired) electrons. The minimum absolute atomic E-state index is 0.146.